The van der Waals surface area contributed by atoms with Crippen molar-refractivity contribution in [2.45, 2.75) is 38.1 Å². The predicted molar refractivity (Wildman–Crippen MR) is 43.6 cm³/mol. The Morgan fingerprint density at radius 1 is 1.30 bits per heavy atom. The smallest absolute Gasteiger partial charge is 0.00791 e. The van der Waals surface area contributed by atoms with Gasteiger partial charge in [0.05, 0.1) is 0 Å². The van der Waals surface area contributed by atoms with E-state index in [1.807, 2.05) is 0 Å². The van der Waals surface area contributed by atoms with E-state index in [-0.39, 0.29) is 0 Å². The van der Waals surface area contributed by atoms with Crippen molar-refractivity contribution < 1.29 is 0 Å². The van der Waals surface area contributed by atoms with Crippen molar-refractivity contribution in [2.24, 2.45) is 17.4 Å². The summed E-state index contributed by atoms with van der Waals surface area (Å²) in [6.45, 7) is 0.748. The van der Waals surface area contributed by atoms with Gasteiger partial charge >= 0.3 is 0 Å². The zero-order chi connectivity index (χ0) is 7.40. The third kappa shape index (κ3) is 1.96. The third-order valence-electron chi connectivity index (χ3n) is 2.51. The highest BCUT2D eigenvalue weighted by Crippen LogP contribution is 2.27. The van der Waals surface area contributed by atoms with Crippen molar-refractivity contribution in [1.82, 2.24) is 0 Å². The van der Waals surface area contributed by atoms with E-state index in [2.05, 4.69) is 0 Å². The summed E-state index contributed by atoms with van der Waals surface area (Å²) >= 11 is 0. The zero-order valence-electron chi connectivity index (χ0n) is 6.55. The summed E-state index contributed by atoms with van der Waals surface area (Å²) in [6, 6.07) is 0.382. The Morgan fingerprint density at radius 2 is 1.90 bits per heavy atom. The van der Waals surface area contributed by atoms with E-state index in [4.69, 9.17) is 11.5 Å². The first-order valence-corrected chi connectivity index (χ1v) is 4.30. The maximum absolute atomic E-state index is 5.91. The average Bonchev–Trinajstić information content (AvgIpc) is 2.38. The number of hydrogen-bond donors (Lipinski definition) is 2. The molecule has 0 aliphatic heterocycles. The molecule has 0 amide bonds. The largest absolute Gasteiger partial charge is 0.330 e. The van der Waals surface area contributed by atoms with Gasteiger partial charge in [-0.15, -0.1) is 0 Å². The molecule has 0 heterocycles. The van der Waals surface area contributed by atoms with Crippen LogP contribution in [0.15, 0.2) is 0 Å². The summed E-state index contributed by atoms with van der Waals surface area (Å²) in [7, 11) is 0. The highest BCUT2D eigenvalue weighted by atomic mass is 14.7. The Bertz CT molecular complexity index is 87.3. The van der Waals surface area contributed by atoms with Gasteiger partial charge in [0.2, 0.25) is 0 Å². The fourth-order valence-electron chi connectivity index (χ4n) is 1.81. The molecule has 1 rings (SSSR count). The number of hydrogen-bond acceptors (Lipinski definition) is 2. The Hall–Kier alpha value is -0.0800. The lowest BCUT2D eigenvalue weighted by Gasteiger charge is -2.17. The van der Waals surface area contributed by atoms with Crippen LogP contribution < -0.4 is 11.5 Å². The monoisotopic (exact) mass is 142 g/mol. The van der Waals surface area contributed by atoms with Crippen LogP contribution >= 0.6 is 0 Å². The van der Waals surface area contributed by atoms with Gasteiger partial charge in [-0.05, 0) is 31.7 Å². The molecule has 60 valence electrons. The second-order valence-electron chi connectivity index (χ2n) is 3.29. The SMILES string of the molecule is NCCC(N)C1CCCC1. The molecule has 1 aliphatic carbocycles. The van der Waals surface area contributed by atoms with Gasteiger partial charge in [-0.3, -0.25) is 0 Å². The molecule has 0 aromatic heterocycles. The van der Waals surface area contributed by atoms with Crippen molar-refractivity contribution in [2.75, 3.05) is 6.54 Å². The van der Waals surface area contributed by atoms with Crippen molar-refractivity contribution in [3.8, 4) is 0 Å². The standard InChI is InChI=1S/C8H18N2/c9-6-5-8(10)7-3-1-2-4-7/h7-8H,1-6,9-10H2. The van der Waals surface area contributed by atoms with Gasteiger partial charge in [-0.2, -0.15) is 0 Å². The minimum Gasteiger partial charge on any atom is -0.330 e. The van der Waals surface area contributed by atoms with Crippen molar-refractivity contribution in [1.29, 1.82) is 0 Å². The summed E-state index contributed by atoms with van der Waals surface area (Å²) in [5, 5.41) is 0. The molecule has 1 fully saturated rings. The molecule has 2 heteroatoms. The molecule has 2 nitrogen and oxygen atoms in total. The molecule has 0 bridgehead atoms. The van der Waals surface area contributed by atoms with Crippen LogP contribution in [0, 0.1) is 5.92 Å². The van der Waals surface area contributed by atoms with Crippen LogP contribution in [-0.4, -0.2) is 12.6 Å². The first kappa shape index (κ1) is 8.02. The van der Waals surface area contributed by atoms with Gasteiger partial charge in [0.15, 0.2) is 0 Å². The summed E-state index contributed by atoms with van der Waals surface area (Å²) < 4.78 is 0. The second-order valence-corrected chi connectivity index (χ2v) is 3.29. The van der Waals surface area contributed by atoms with Gasteiger partial charge < -0.3 is 11.5 Å². The topological polar surface area (TPSA) is 52.0 Å². The lowest BCUT2D eigenvalue weighted by Crippen LogP contribution is -2.30. The highest BCUT2D eigenvalue weighted by molar-refractivity contribution is 4.77. The Kier molecular flexibility index (Phi) is 3.16. The highest BCUT2D eigenvalue weighted by Gasteiger charge is 2.20. The van der Waals surface area contributed by atoms with Gasteiger partial charge in [0, 0.05) is 6.04 Å². The number of nitrogens with two attached hydrogens (primary N) is 2. The predicted octanol–water partition coefficient (Wildman–Crippen LogP) is 0.853. The molecule has 0 aromatic rings. The van der Waals surface area contributed by atoms with Crippen LogP contribution in [0.3, 0.4) is 0 Å². The van der Waals surface area contributed by atoms with E-state index < -0.39 is 0 Å². The molecular formula is C8H18N2. The van der Waals surface area contributed by atoms with Crippen LogP contribution in [0.2, 0.25) is 0 Å². The molecule has 4 N–H and O–H groups in total. The molecular weight excluding hydrogens is 124 g/mol. The normalized spacial score (nSPS) is 23.4. The van der Waals surface area contributed by atoms with Crippen LogP contribution in [0.1, 0.15) is 32.1 Å². The zero-order valence-corrected chi connectivity index (χ0v) is 6.55. The van der Waals surface area contributed by atoms with E-state index in [1.54, 1.807) is 0 Å². The van der Waals surface area contributed by atoms with E-state index in [9.17, 15) is 0 Å². The van der Waals surface area contributed by atoms with Gasteiger partial charge in [-0.1, -0.05) is 12.8 Å². The lowest BCUT2D eigenvalue weighted by atomic mass is 9.96. The Balaban J connectivity index is 2.18. The van der Waals surface area contributed by atoms with E-state index in [0.717, 1.165) is 18.9 Å². The van der Waals surface area contributed by atoms with E-state index >= 15 is 0 Å². The molecule has 0 radical (unpaired) electrons. The molecule has 1 atom stereocenters. The van der Waals surface area contributed by atoms with E-state index in [0.29, 0.717) is 6.04 Å². The van der Waals surface area contributed by atoms with Crippen LogP contribution in [-0.2, 0) is 0 Å². The summed E-state index contributed by atoms with van der Waals surface area (Å²) in [5.74, 6) is 0.781. The Morgan fingerprint density at radius 3 is 2.40 bits per heavy atom. The summed E-state index contributed by atoms with van der Waals surface area (Å²) in [4.78, 5) is 0. The lowest BCUT2D eigenvalue weighted by molar-refractivity contribution is 0.414. The summed E-state index contributed by atoms with van der Waals surface area (Å²) in [6.07, 6.45) is 6.43. The van der Waals surface area contributed by atoms with Crippen molar-refractivity contribution >= 4 is 0 Å². The molecule has 1 saturated carbocycles. The number of rotatable bonds is 3. The average molecular weight is 142 g/mol. The van der Waals surface area contributed by atoms with E-state index in [1.165, 1.54) is 25.7 Å². The fraction of sp³-hybridized carbons (Fsp3) is 1.00. The first-order valence-electron chi connectivity index (χ1n) is 4.30. The minimum absolute atomic E-state index is 0.382. The third-order valence-corrected chi connectivity index (χ3v) is 2.51. The van der Waals surface area contributed by atoms with Crippen LogP contribution in [0.5, 0.6) is 0 Å². The minimum atomic E-state index is 0.382. The molecule has 1 aliphatic rings. The molecule has 10 heavy (non-hydrogen) atoms. The second kappa shape index (κ2) is 3.94. The molecule has 0 spiro atoms. The maximum Gasteiger partial charge on any atom is 0.00791 e. The van der Waals surface area contributed by atoms with Crippen LogP contribution in [0.25, 0.3) is 0 Å². The molecule has 0 aromatic carbocycles. The van der Waals surface area contributed by atoms with Gasteiger partial charge in [-0.25, -0.2) is 0 Å². The maximum atomic E-state index is 5.91. The fourth-order valence-corrected chi connectivity index (χ4v) is 1.81. The van der Waals surface area contributed by atoms with Gasteiger partial charge in [0.1, 0.15) is 0 Å². The van der Waals surface area contributed by atoms with Gasteiger partial charge in [0.25, 0.3) is 0 Å². The molecule has 0 saturated heterocycles. The van der Waals surface area contributed by atoms with Crippen LogP contribution in [0.4, 0.5) is 0 Å². The Labute approximate surface area is 63.0 Å². The molecule has 1 unspecified atom stereocenters. The van der Waals surface area contributed by atoms with Crippen molar-refractivity contribution in [3.63, 3.8) is 0 Å². The summed E-state index contributed by atoms with van der Waals surface area (Å²) in [5.41, 5.74) is 11.3. The first-order chi connectivity index (χ1) is 4.84. The van der Waals surface area contributed by atoms with Crippen molar-refractivity contribution in [3.05, 3.63) is 0 Å². The quantitative estimate of drug-likeness (QED) is 0.614.